The second kappa shape index (κ2) is 11.3. The summed E-state index contributed by atoms with van der Waals surface area (Å²) in [5, 5.41) is 13.3. The quantitative estimate of drug-likeness (QED) is 0.232. The number of nitrogens with one attached hydrogen (secondary N) is 2. The van der Waals surface area contributed by atoms with Crippen molar-refractivity contribution in [2.45, 2.75) is 63.9 Å². The van der Waals surface area contributed by atoms with Gasteiger partial charge < -0.3 is 19.1 Å². The van der Waals surface area contributed by atoms with Crippen LogP contribution in [-0.2, 0) is 23.4 Å². The van der Waals surface area contributed by atoms with Gasteiger partial charge in [-0.3, -0.25) is 23.7 Å². The lowest BCUT2D eigenvalue weighted by Crippen LogP contribution is -2.42. The molecule has 1 saturated heterocycles. The van der Waals surface area contributed by atoms with Gasteiger partial charge >= 0.3 is 13.7 Å². The lowest BCUT2D eigenvalue weighted by Gasteiger charge is -2.27. The van der Waals surface area contributed by atoms with Crippen LogP contribution in [-0.4, -0.2) is 57.3 Å². The molecule has 2 heterocycles. The Hall–Kier alpha value is -2.41. The first-order valence-electron chi connectivity index (χ1n) is 11.1. The molecule has 0 radical (unpaired) electrons. The number of halogens is 1. The SMILES string of the molecule is CC(C)OC(=O)[C@H](C)NP(=O)(OC[C@H]1O[C@@H](n2ccc(=O)[nH]c2=S)C(C)(O)C1F)Oc1ccccc1. The first-order valence-corrected chi connectivity index (χ1v) is 13.1. The average molecular weight is 546 g/mol. The van der Waals surface area contributed by atoms with Gasteiger partial charge in [-0.05, 0) is 52.0 Å². The fourth-order valence-corrected chi connectivity index (χ4v) is 5.23. The first kappa shape index (κ1) is 28.2. The summed E-state index contributed by atoms with van der Waals surface area (Å²) in [5.41, 5.74) is -2.54. The molecule has 0 spiro atoms. The number of nitrogens with zero attached hydrogens (tertiary/aromatic N) is 1. The molecule has 3 N–H and O–H groups in total. The second-order valence-corrected chi connectivity index (χ2v) is 10.8. The van der Waals surface area contributed by atoms with E-state index < -0.39 is 62.1 Å². The van der Waals surface area contributed by atoms with E-state index in [1.54, 1.807) is 32.0 Å². The zero-order valence-electron chi connectivity index (χ0n) is 20.1. The van der Waals surface area contributed by atoms with Crippen LogP contribution in [0.5, 0.6) is 5.75 Å². The number of para-hydroxylation sites is 1. The maximum absolute atomic E-state index is 15.2. The van der Waals surface area contributed by atoms with E-state index in [9.17, 15) is 19.3 Å². The second-order valence-electron chi connectivity index (χ2n) is 8.71. The van der Waals surface area contributed by atoms with Crippen LogP contribution in [0.1, 0.15) is 33.9 Å². The molecule has 1 aliphatic rings. The smallest absolute Gasteiger partial charge is 0.459 e. The highest BCUT2D eigenvalue weighted by Gasteiger charge is 2.55. The molecule has 11 nitrogen and oxygen atoms in total. The fourth-order valence-electron chi connectivity index (χ4n) is 3.47. The predicted molar refractivity (Wildman–Crippen MR) is 130 cm³/mol. The highest BCUT2D eigenvalue weighted by atomic mass is 32.1. The molecule has 6 atom stereocenters. The van der Waals surface area contributed by atoms with Gasteiger partial charge in [-0.15, -0.1) is 0 Å². The van der Waals surface area contributed by atoms with E-state index in [4.69, 9.17) is 30.7 Å². The average Bonchev–Trinajstić information content (AvgIpc) is 3.01. The molecule has 3 unspecified atom stereocenters. The zero-order valence-corrected chi connectivity index (χ0v) is 21.8. The molecule has 198 valence electrons. The molecular formula is C22H29FN3O8PS. The van der Waals surface area contributed by atoms with Gasteiger partial charge in [0, 0.05) is 12.3 Å². The van der Waals surface area contributed by atoms with E-state index in [0.717, 1.165) is 6.07 Å². The van der Waals surface area contributed by atoms with Crippen molar-refractivity contribution in [1.29, 1.82) is 0 Å². The van der Waals surface area contributed by atoms with E-state index >= 15 is 4.39 Å². The van der Waals surface area contributed by atoms with Gasteiger partial charge in [-0.25, -0.2) is 8.96 Å². The number of aromatic nitrogens is 2. The van der Waals surface area contributed by atoms with Crippen LogP contribution < -0.4 is 15.2 Å². The maximum atomic E-state index is 15.2. The minimum Gasteiger partial charge on any atom is -0.462 e. The summed E-state index contributed by atoms with van der Waals surface area (Å²) in [7, 11) is -4.28. The number of hydrogen-bond acceptors (Lipinski definition) is 9. The van der Waals surface area contributed by atoms with Crippen LogP contribution in [0, 0.1) is 4.77 Å². The minimum absolute atomic E-state index is 0.0845. The van der Waals surface area contributed by atoms with Crippen molar-refractivity contribution in [3.63, 3.8) is 0 Å². The molecule has 1 aromatic heterocycles. The number of ether oxygens (including phenoxy) is 2. The van der Waals surface area contributed by atoms with E-state index in [1.807, 2.05) is 0 Å². The Morgan fingerprint density at radius 3 is 2.61 bits per heavy atom. The first-order chi connectivity index (χ1) is 16.8. The maximum Gasteiger partial charge on any atom is 0.459 e. The third kappa shape index (κ3) is 6.67. The summed E-state index contributed by atoms with van der Waals surface area (Å²) in [6.45, 7) is 5.33. The van der Waals surface area contributed by atoms with Crippen molar-refractivity contribution in [1.82, 2.24) is 14.6 Å². The van der Waals surface area contributed by atoms with Crippen molar-refractivity contribution >= 4 is 25.9 Å². The minimum atomic E-state index is -4.28. The van der Waals surface area contributed by atoms with Crippen LogP contribution in [0.2, 0.25) is 0 Å². The number of aliphatic hydroxyl groups is 1. The van der Waals surface area contributed by atoms with E-state index in [0.29, 0.717) is 0 Å². The lowest BCUT2D eigenvalue weighted by molar-refractivity contribution is -0.149. The Morgan fingerprint density at radius 2 is 2.00 bits per heavy atom. The summed E-state index contributed by atoms with van der Waals surface area (Å²) in [6.07, 6.45) is -3.84. The van der Waals surface area contributed by atoms with Crippen molar-refractivity contribution in [2.24, 2.45) is 0 Å². The molecule has 14 heteroatoms. The number of carbonyl (C=O) groups is 1. The zero-order chi connectivity index (χ0) is 26.7. The Bertz CT molecular complexity index is 1220. The van der Waals surface area contributed by atoms with Crippen LogP contribution in [0.25, 0.3) is 0 Å². The topological polar surface area (TPSA) is 141 Å². The molecule has 2 aromatic rings. The lowest BCUT2D eigenvalue weighted by atomic mass is 9.98. The number of rotatable bonds is 10. The van der Waals surface area contributed by atoms with Crippen LogP contribution in [0.4, 0.5) is 4.39 Å². The van der Waals surface area contributed by atoms with Crippen molar-refractivity contribution < 1.29 is 37.4 Å². The number of aromatic amines is 1. The summed E-state index contributed by atoms with van der Waals surface area (Å²) >= 11 is 5.10. The van der Waals surface area contributed by atoms with Gasteiger partial charge in [-0.2, -0.15) is 5.09 Å². The molecule has 3 rings (SSSR count). The molecular weight excluding hydrogens is 516 g/mol. The normalized spacial score (nSPS) is 26.4. The van der Waals surface area contributed by atoms with Crippen molar-refractivity contribution in [3.05, 3.63) is 57.7 Å². The van der Waals surface area contributed by atoms with Crippen LogP contribution >= 0.6 is 20.0 Å². The van der Waals surface area contributed by atoms with Crippen molar-refractivity contribution in [2.75, 3.05) is 6.61 Å². The number of benzene rings is 1. The number of hydrogen-bond donors (Lipinski definition) is 3. The number of esters is 1. The Morgan fingerprint density at radius 1 is 1.33 bits per heavy atom. The monoisotopic (exact) mass is 545 g/mol. The third-order valence-corrected chi connectivity index (χ3v) is 7.18. The molecule has 0 aliphatic carbocycles. The van der Waals surface area contributed by atoms with Gasteiger partial charge in [-0.1, -0.05) is 18.2 Å². The molecule has 1 aromatic carbocycles. The van der Waals surface area contributed by atoms with Gasteiger partial charge in [0.05, 0.1) is 12.7 Å². The Balaban J connectivity index is 1.80. The molecule has 1 fully saturated rings. The van der Waals surface area contributed by atoms with Gasteiger partial charge in [0.1, 0.15) is 23.5 Å². The summed E-state index contributed by atoms with van der Waals surface area (Å²) < 4.78 is 51.8. The summed E-state index contributed by atoms with van der Waals surface area (Å²) in [5.74, 6) is -0.521. The third-order valence-electron chi connectivity index (χ3n) is 5.23. The van der Waals surface area contributed by atoms with E-state index in [-0.39, 0.29) is 10.5 Å². The van der Waals surface area contributed by atoms with E-state index in [2.05, 4.69) is 10.1 Å². The fraction of sp³-hybridized carbons (Fsp3) is 0.500. The van der Waals surface area contributed by atoms with Crippen molar-refractivity contribution in [3.8, 4) is 5.75 Å². The van der Waals surface area contributed by atoms with Gasteiger partial charge in [0.25, 0.3) is 5.56 Å². The standard InChI is InChI=1S/C22H29FN3O8PS/c1-13(2)32-19(28)14(3)25-35(30,34-15-8-6-5-7-9-15)31-12-16-18(23)22(4,29)20(33-16)26-11-10-17(27)24-21(26)36/h5-11,13-14,16,18,20,29H,12H2,1-4H3,(H,25,30)(H,24,27,36)/t14-,16+,18?,20+,22?,35?/m0/s1. The number of H-pyrrole nitrogens is 1. The number of carbonyl (C=O) groups excluding carboxylic acids is 1. The largest absolute Gasteiger partial charge is 0.462 e. The van der Waals surface area contributed by atoms with Gasteiger partial charge in [0.15, 0.2) is 17.2 Å². The predicted octanol–water partition coefficient (Wildman–Crippen LogP) is 3.03. The highest BCUT2D eigenvalue weighted by Crippen LogP contribution is 2.47. The van der Waals surface area contributed by atoms with Crippen LogP contribution in [0.3, 0.4) is 0 Å². The molecule has 36 heavy (non-hydrogen) atoms. The molecule has 1 aliphatic heterocycles. The molecule has 0 saturated carbocycles. The van der Waals surface area contributed by atoms with Gasteiger partial charge in [0.2, 0.25) is 0 Å². The van der Waals surface area contributed by atoms with E-state index in [1.165, 1.54) is 36.7 Å². The molecule has 0 amide bonds. The Labute approximate surface area is 212 Å². The molecule has 0 bridgehead atoms. The van der Waals surface area contributed by atoms with Crippen LogP contribution in [0.15, 0.2) is 47.4 Å². The highest BCUT2D eigenvalue weighted by molar-refractivity contribution is 7.71. The Kier molecular flexibility index (Phi) is 8.86. The summed E-state index contributed by atoms with van der Waals surface area (Å²) in [4.78, 5) is 26.1. The number of alkyl halides is 1. The summed E-state index contributed by atoms with van der Waals surface area (Å²) in [6, 6.07) is 8.11.